The number of carbonyl (C=O) groups excluding carboxylic acids is 2. The molecule has 2 amide bonds. The highest BCUT2D eigenvalue weighted by molar-refractivity contribution is 6.16. The number of hydrogen-bond acceptors (Lipinski definition) is 7. The molecular formula is C38H42N10O2. The summed E-state index contributed by atoms with van der Waals surface area (Å²) in [6.07, 6.45) is 14.7. The van der Waals surface area contributed by atoms with Gasteiger partial charge in [-0.3, -0.25) is 23.9 Å². The maximum absolute atomic E-state index is 14.5. The van der Waals surface area contributed by atoms with Gasteiger partial charge in [0.05, 0.1) is 59.4 Å². The number of H-pyrrole nitrogens is 1. The number of aryl methyl sites for hydroxylation is 1. The molecule has 1 N–H and O–H groups in total. The van der Waals surface area contributed by atoms with Gasteiger partial charge in [-0.25, -0.2) is 4.98 Å². The summed E-state index contributed by atoms with van der Waals surface area (Å²) in [6.45, 7) is 4.66. The van der Waals surface area contributed by atoms with Gasteiger partial charge in [0.15, 0.2) is 0 Å². The molecule has 7 heterocycles. The topological polar surface area (TPSA) is 132 Å². The lowest BCUT2D eigenvalue weighted by atomic mass is 9.68. The maximum Gasteiger partial charge on any atom is 0.237 e. The molecular weight excluding hydrogens is 628 g/mol. The van der Waals surface area contributed by atoms with Crippen LogP contribution in [-0.2, 0) is 22.1 Å². The van der Waals surface area contributed by atoms with Crippen LogP contribution in [0, 0.1) is 11.3 Å². The Bertz CT molecular complexity index is 2220. The Morgan fingerprint density at radius 2 is 1.80 bits per heavy atom. The molecule has 0 bridgehead atoms. The molecule has 4 aliphatic rings. The van der Waals surface area contributed by atoms with Gasteiger partial charge in [-0.05, 0) is 62.6 Å². The van der Waals surface area contributed by atoms with Crippen LogP contribution in [0.2, 0.25) is 0 Å². The molecule has 1 aromatic carbocycles. The second kappa shape index (κ2) is 11.3. The van der Waals surface area contributed by atoms with Crippen LogP contribution in [0.5, 0.6) is 0 Å². The molecule has 1 saturated carbocycles. The zero-order chi connectivity index (χ0) is 34.4. The first-order chi connectivity index (χ1) is 24.2. The van der Waals surface area contributed by atoms with Crippen molar-refractivity contribution in [3.05, 3.63) is 48.5 Å². The van der Waals surface area contributed by atoms with Crippen molar-refractivity contribution in [2.75, 3.05) is 38.1 Å². The van der Waals surface area contributed by atoms with Gasteiger partial charge in [0, 0.05) is 86.4 Å². The highest BCUT2D eigenvalue weighted by Crippen LogP contribution is 2.55. The fraction of sp³-hybridized carbons (Fsp3) is 0.474. The largest absolute Gasteiger partial charge is 0.343 e. The van der Waals surface area contributed by atoms with E-state index in [1.165, 1.54) is 0 Å². The molecule has 1 spiro atoms. The van der Waals surface area contributed by atoms with Crippen LogP contribution in [0.4, 0.5) is 5.69 Å². The predicted molar refractivity (Wildman–Crippen MR) is 190 cm³/mol. The zero-order valence-corrected chi connectivity index (χ0v) is 28.9. The van der Waals surface area contributed by atoms with E-state index in [0.29, 0.717) is 19.3 Å². The molecule has 4 aromatic heterocycles. The van der Waals surface area contributed by atoms with E-state index in [2.05, 4.69) is 50.1 Å². The van der Waals surface area contributed by atoms with Crippen molar-refractivity contribution in [3.63, 3.8) is 0 Å². The fourth-order valence-electron chi connectivity index (χ4n) is 9.52. The standard InChI is InChI=1S/C38H42N10O2/c1-24(49)46-15-7-28(8-16-46)48-23-27(21-42-48)34-31(25-5-6-29-26(19-25)20-41-45(29)3)32-33-30(22-40-35(32)43-34)44(2)36(50)38(33)12-17-47(18-13-38)37(11-14-39)9-4-10-37/h5-6,19-23,28H,4,7-13,15-18H2,1-3H3,(H,40,43). The van der Waals surface area contributed by atoms with E-state index in [-0.39, 0.29) is 23.4 Å². The number of hydrogen-bond donors (Lipinski definition) is 1. The van der Waals surface area contributed by atoms with Crippen LogP contribution in [0.15, 0.2) is 43.0 Å². The zero-order valence-electron chi connectivity index (χ0n) is 28.9. The molecule has 0 radical (unpaired) electrons. The summed E-state index contributed by atoms with van der Waals surface area (Å²) in [4.78, 5) is 41.3. The van der Waals surface area contributed by atoms with Crippen molar-refractivity contribution in [2.45, 2.75) is 75.3 Å². The Kier molecular flexibility index (Phi) is 6.97. The van der Waals surface area contributed by atoms with Gasteiger partial charge in [-0.15, -0.1) is 0 Å². The molecule has 9 rings (SSSR count). The molecule has 2 saturated heterocycles. The fourth-order valence-corrected chi connectivity index (χ4v) is 9.52. The van der Waals surface area contributed by atoms with Gasteiger partial charge in [-0.2, -0.15) is 15.5 Å². The average molecular weight is 671 g/mol. The molecule has 3 aliphatic heterocycles. The second-order valence-electron chi connectivity index (χ2n) is 15.0. The number of likely N-dealkylation sites (N-methyl/N-ethyl adjacent to an activating group) is 1. The Morgan fingerprint density at radius 1 is 1.02 bits per heavy atom. The van der Waals surface area contributed by atoms with Crippen molar-refractivity contribution in [3.8, 4) is 28.5 Å². The van der Waals surface area contributed by atoms with Gasteiger partial charge >= 0.3 is 0 Å². The minimum absolute atomic E-state index is 0.0469. The SMILES string of the molecule is CC(=O)N1CCC(n2cc(-c3[nH]c4ncc5c(c4c3-c3ccc4c(cnn4C)c3)C3(CCN(C4(CC#N)CCC4)CC3)C(=O)N5C)cn2)CC1. The number of rotatable bonds is 5. The number of pyridine rings is 1. The number of amides is 2. The number of likely N-dealkylation sites (tertiary alicyclic amines) is 2. The van der Waals surface area contributed by atoms with Gasteiger partial charge in [0.2, 0.25) is 11.8 Å². The first-order valence-corrected chi connectivity index (χ1v) is 17.9. The number of nitrogens with zero attached hydrogens (tertiary/aromatic N) is 9. The Balaban J connectivity index is 1.19. The van der Waals surface area contributed by atoms with Crippen LogP contribution in [-0.4, -0.2) is 89.9 Å². The molecule has 256 valence electrons. The molecule has 1 aliphatic carbocycles. The smallest absolute Gasteiger partial charge is 0.237 e. The third kappa shape index (κ3) is 4.42. The predicted octanol–water partition coefficient (Wildman–Crippen LogP) is 5.31. The Labute approximate surface area is 290 Å². The van der Waals surface area contributed by atoms with Crippen molar-refractivity contribution in [2.24, 2.45) is 7.05 Å². The van der Waals surface area contributed by atoms with Crippen LogP contribution in [0.1, 0.15) is 69.9 Å². The first kappa shape index (κ1) is 31.0. The van der Waals surface area contributed by atoms with Gasteiger partial charge < -0.3 is 14.8 Å². The molecule has 3 fully saturated rings. The van der Waals surface area contributed by atoms with E-state index in [9.17, 15) is 14.9 Å². The van der Waals surface area contributed by atoms with Crippen LogP contribution in [0.25, 0.3) is 44.3 Å². The lowest BCUT2D eigenvalue weighted by Gasteiger charge is -2.53. The lowest BCUT2D eigenvalue weighted by molar-refractivity contribution is -0.130. The number of nitriles is 1. The maximum atomic E-state index is 14.5. The molecule has 12 heteroatoms. The quantitative estimate of drug-likeness (QED) is 0.268. The number of aromatic amines is 1. The summed E-state index contributed by atoms with van der Waals surface area (Å²) in [5, 5.41) is 21.1. The number of anilines is 1. The monoisotopic (exact) mass is 670 g/mol. The number of benzene rings is 1. The molecule has 0 atom stereocenters. The van der Waals surface area contributed by atoms with Gasteiger partial charge in [0.25, 0.3) is 0 Å². The summed E-state index contributed by atoms with van der Waals surface area (Å²) >= 11 is 0. The van der Waals surface area contributed by atoms with E-state index in [4.69, 9.17) is 10.1 Å². The highest BCUT2D eigenvalue weighted by atomic mass is 16.2. The van der Waals surface area contributed by atoms with E-state index < -0.39 is 5.41 Å². The minimum Gasteiger partial charge on any atom is -0.343 e. The van der Waals surface area contributed by atoms with Crippen molar-refractivity contribution >= 4 is 39.4 Å². The lowest BCUT2D eigenvalue weighted by Crippen LogP contribution is -2.59. The van der Waals surface area contributed by atoms with Crippen LogP contribution < -0.4 is 4.90 Å². The Hall–Kier alpha value is -5.02. The highest BCUT2D eigenvalue weighted by Gasteiger charge is 2.55. The third-order valence-corrected chi connectivity index (χ3v) is 12.5. The molecule has 5 aromatic rings. The normalized spacial score (nSPS) is 20.5. The minimum atomic E-state index is -0.680. The van der Waals surface area contributed by atoms with Gasteiger partial charge in [-0.1, -0.05) is 6.07 Å². The summed E-state index contributed by atoms with van der Waals surface area (Å²) in [7, 11) is 3.84. The number of fused-ring (bicyclic) bond motifs is 5. The molecule has 12 nitrogen and oxygen atoms in total. The number of carbonyl (C=O) groups is 2. The number of nitrogens with one attached hydrogen (secondary N) is 1. The number of aromatic nitrogens is 6. The summed E-state index contributed by atoms with van der Waals surface area (Å²) in [6, 6.07) is 9.11. The van der Waals surface area contributed by atoms with E-state index in [0.717, 1.165) is 114 Å². The van der Waals surface area contributed by atoms with Crippen LogP contribution in [0.3, 0.4) is 0 Å². The summed E-state index contributed by atoms with van der Waals surface area (Å²) < 4.78 is 3.93. The summed E-state index contributed by atoms with van der Waals surface area (Å²) in [5.41, 5.74) is 6.93. The van der Waals surface area contributed by atoms with E-state index >= 15 is 0 Å². The number of piperidine rings is 2. The van der Waals surface area contributed by atoms with Crippen molar-refractivity contribution < 1.29 is 9.59 Å². The van der Waals surface area contributed by atoms with Gasteiger partial charge in [0.1, 0.15) is 5.65 Å². The molecule has 50 heavy (non-hydrogen) atoms. The molecule has 0 unspecified atom stereocenters. The summed E-state index contributed by atoms with van der Waals surface area (Å²) in [5.74, 6) is 0.251. The van der Waals surface area contributed by atoms with Crippen molar-refractivity contribution in [1.29, 1.82) is 5.26 Å². The third-order valence-electron chi connectivity index (χ3n) is 12.5. The van der Waals surface area contributed by atoms with Crippen LogP contribution >= 0.6 is 0 Å². The second-order valence-corrected chi connectivity index (χ2v) is 15.0. The van der Waals surface area contributed by atoms with Crippen molar-refractivity contribution in [1.82, 2.24) is 39.3 Å². The van der Waals surface area contributed by atoms with E-state index in [1.807, 2.05) is 47.2 Å². The Morgan fingerprint density at radius 3 is 2.50 bits per heavy atom. The average Bonchev–Trinajstić information content (AvgIpc) is 3.89. The first-order valence-electron chi connectivity index (χ1n) is 17.9. The van der Waals surface area contributed by atoms with E-state index in [1.54, 1.807) is 6.92 Å².